The van der Waals surface area contributed by atoms with Crippen LogP contribution in [-0.2, 0) is 6.54 Å². The smallest absolute Gasteiger partial charge is 0.255 e. The number of methoxy groups -OCH3 is 2. The SMILES string of the molecule is COc1cccc(OC)c1-c1nnc(CNC2CC2)o1. The van der Waals surface area contributed by atoms with Gasteiger partial charge >= 0.3 is 0 Å². The van der Waals surface area contributed by atoms with Gasteiger partial charge in [-0.1, -0.05) is 6.07 Å². The van der Waals surface area contributed by atoms with E-state index in [1.807, 2.05) is 18.2 Å². The van der Waals surface area contributed by atoms with Crippen molar-refractivity contribution in [3.05, 3.63) is 24.1 Å². The standard InChI is InChI=1S/C14H17N3O3/c1-18-10-4-3-5-11(19-2)13(10)14-17-16-12(20-14)8-15-9-6-7-9/h3-5,9,15H,6-8H2,1-2H3. The van der Waals surface area contributed by atoms with Gasteiger partial charge in [0.2, 0.25) is 5.89 Å². The molecule has 6 heteroatoms. The Labute approximate surface area is 117 Å². The molecule has 0 radical (unpaired) electrons. The van der Waals surface area contributed by atoms with Crippen LogP contribution >= 0.6 is 0 Å². The number of aromatic nitrogens is 2. The van der Waals surface area contributed by atoms with Crippen LogP contribution in [0.25, 0.3) is 11.5 Å². The van der Waals surface area contributed by atoms with E-state index in [1.165, 1.54) is 12.8 Å². The molecule has 0 spiro atoms. The van der Waals surface area contributed by atoms with E-state index in [0.717, 1.165) is 0 Å². The second-order valence-electron chi connectivity index (χ2n) is 4.69. The van der Waals surface area contributed by atoms with Crippen LogP contribution in [0.3, 0.4) is 0 Å². The summed E-state index contributed by atoms with van der Waals surface area (Å²) in [6.45, 7) is 0.592. The van der Waals surface area contributed by atoms with E-state index < -0.39 is 0 Å². The minimum absolute atomic E-state index is 0.409. The van der Waals surface area contributed by atoms with Gasteiger partial charge in [-0.2, -0.15) is 0 Å². The summed E-state index contributed by atoms with van der Waals surface area (Å²) in [5.41, 5.74) is 0.683. The monoisotopic (exact) mass is 275 g/mol. The number of ether oxygens (including phenoxy) is 2. The molecule has 1 fully saturated rings. The van der Waals surface area contributed by atoms with Crippen LogP contribution in [0.1, 0.15) is 18.7 Å². The van der Waals surface area contributed by atoms with Crippen LogP contribution in [0.2, 0.25) is 0 Å². The zero-order chi connectivity index (χ0) is 13.9. The Balaban J connectivity index is 1.87. The molecule has 0 saturated heterocycles. The van der Waals surface area contributed by atoms with Crippen molar-refractivity contribution in [1.82, 2.24) is 15.5 Å². The van der Waals surface area contributed by atoms with Crippen molar-refractivity contribution in [3.8, 4) is 23.0 Å². The highest BCUT2D eigenvalue weighted by Crippen LogP contribution is 2.37. The van der Waals surface area contributed by atoms with Crippen LogP contribution in [-0.4, -0.2) is 30.5 Å². The van der Waals surface area contributed by atoms with Crippen molar-refractivity contribution in [2.24, 2.45) is 0 Å². The van der Waals surface area contributed by atoms with E-state index >= 15 is 0 Å². The van der Waals surface area contributed by atoms with Gasteiger partial charge in [0, 0.05) is 6.04 Å². The van der Waals surface area contributed by atoms with Gasteiger partial charge in [-0.05, 0) is 25.0 Å². The summed E-state index contributed by atoms with van der Waals surface area (Å²) in [6, 6.07) is 6.13. The normalized spacial score (nSPS) is 14.3. The molecule has 0 atom stereocenters. The lowest BCUT2D eigenvalue weighted by atomic mass is 10.2. The predicted molar refractivity (Wildman–Crippen MR) is 72.7 cm³/mol. The van der Waals surface area contributed by atoms with Gasteiger partial charge in [0.1, 0.15) is 17.1 Å². The van der Waals surface area contributed by atoms with Crippen molar-refractivity contribution < 1.29 is 13.9 Å². The minimum atomic E-state index is 0.409. The highest BCUT2D eigenvalue weighted by atomic mass is 16.5. The highest BCUT2D eigenvalue weighted by Gasteiger charge is 2.22. The zero-order valence-electron chi connectivity index (χ0n) is 11.5. The lowest BCUT2D eigenvalue weighted by Crippen LogP contribution is -2.15. The second kappa shape index (κ2) is 5.50. The summed E-state index contributed by atoms with van der Waals surface area (Å²) < 4.78 is 16.4. The van der Waals surface area contributed by atoms with E-state index in [9.17, 15) is 0 Å². The Morgan fingerprint density at radius 3 is 2.50 bits per heavy atom. The molecule has 1 aromatic heterocycles. The zero-order valence-corrected chi connectivity index (χ0v) is 11.5. The molecule has 1 N–H and O–H groups in total. The van der Waals surface area contributed by atoms with Gasteiger partial charge in [-0.3, -0.25) is 0 Å². The van der Waals surface area contributed by atoms with Crippen LogP contribution < -0.4 is 14.8 Å². The Morgan fingerprint density at radius 2 is 1.90 bits per heavy atom. The summed E-state index contributed by atoms with van der Waals surface area (Å²) in [6.07, 6.45) is 2.45. The van der Waals surface area contributed by atoms with Crippen LogP contribution in [0.5, 0.6) is 11.5 Å². The number of benzene rings is 1. The summed E-state index contributed by atoms with van der Waals surface area (Å²) >= 11 is 0. The average Bonchev–Trinajstić information content (AvgIpc) is 3.21. The molecule has 20 heavy (non-hydrogen) atoms. The highest BCUT2D eigenvalue weighted by molar-refractivity contribution is 5.70. The minimum Gasteiger partial charge on any atom is -0.496 e. The van der Waals surface area contributed by atoms with Crippen LogP contribution in [0.15, 0.2) is 22.6 Å². The fraction of sp³-hybridized carbons (Fsp3) is 0.429. The Morgan fingerprint density at radius 1 is 1.20 bits per heavy atom. The first kappa shape index (κ1) is 12.9. The first-order valence-electron chi connectivity index (χ1n) is 6.59. The average molecular weight is 275 g/mol. The predicted octanol–water partition coefficient (Wildman–Crippen LogP) is 2.01. The molecular weight excluding hydrogens is 258 g/mol. The molecule has 106 valence electrons. The summed E-state index contributed by atoms with van der Waals surface area (Å²) in [4.78, 5) is 0. The third-order valence-electron chi connectivity index (χ3n) is 3.23. The topological polar surface area (TPSA) is 69.4 Å². The molecule has 0 unspecified atom stereocenters. The van der Waals surface area contributed by atoms with Crippen LogP contribution in [0.4, 0.5) is 0 Å². The Hall–Kier alpha value is -2.08. The number of hydrogen-bond acceptors (Lipinski definition) is 6. The number of nitrogens with zero attached hydrogens (tertiary/aromatic N) is 2. The molecule has 3 rings (SSSR count). The number of hydrogen-bond donors (Lipinski definition) is 1. The van der Waals surface area contributed by atoms with E-state index in [2.05, 4.69) is 15.5 Å². The molecular formula is C14H17N3O3. The molecule has 1 aliphatic rings. The van der Waals surface area contributed by atoms with E-state index in [0.29, 0.717) is 41.4 Å². The third kappa shape index (κ3) is 2.60. The van der Waals surface area contributed by atoms with Crippen molar-refractivity contribution >= 4 is 0 Å². The number of nitrogens with one attached hydrogen (secondary N) is 1. The molecule has 1 aromatic carbocycles. The third-order valence-corrected chi connectivity index (χ3v) is 3.23. The largest absolute Gasteiger partial charge is 0.496 e. The molecule has 0 aliphatic heterocycles. The number of rotatable bonds is 6. The van der Waals surface area contributed by atoms with Gasteiger partial charge in [0.05, 0.1) is 20.8 Å². The lowest BCUT2D eigenvalue weighted by molar-refractivity contribution is 0.392. The van der Waals surface area contributed by atoms with Crippen LogP contribution in [0, 0.1) is 0 Å². The maximum absolute atomic E-state index is 5.69. The van der Waals surface area contributed by atoms with Gasteiger partial charge in [0.25, 0.3) is 5.89 Å². The fourth-order valence-corrected chi connectivity index (χ4v) is 2.01. The molecule has 0 bridgehead atoms. The Kier molecular flexibility index (Phi) is 3.56. The summed E-state index contributed by atoms with van der Waals surface area (Å²) in [7, 11) is 3.20. The molecule has 6 nitrogen and oxygen atoms in total. The summed E-state index contributed by atoms with van der Waals surface area (Å²) in [5.74, 6) is 2.27. The van der Waals surface area contributed by atoms with E-state index in [-0.39, 0.29) is 0 Å². The quantitative estimate of drug-likeness (QED) is 0.869. The van der Waals surface area contributed by atoms with Gasteiger partial charge in [0.15, 0.2) is 0 Å². The molecule has 1 heterocycles. The molecule has 1 saturated carbocycles. The van der Waals surface area contributed by atoms with Gasteiger partial charge in [-0.15, -0.1) is 10.2 Å². The fourth-order valence-electron chi connectivity index (χ4n) is 2.01. The summed E-state index contributed by atoms with van der Waals surface area (Å²) in [5, 5.41) is 11.5. The first-order chi connectivity index (χ1) is 9.81. The van der Waals surface area contributed by atoms with Crippen molar-refractivity contribution in [2.75, 3.05) is 14.2 Å². The molecule has 0 amide bonds. The maximum atomic E-state index is 5.69. The van der Waals surface area contributed by atoms with Crippen molar-refractivity contribution in [3.63, 3.8) is 0 Å². The lowest BCUT2D eigenvalue weighted by Gasteiger charge is -2.09. The second-order valence-corrected chi connectivity index (χ2v) is 4.69. The molecule has 1 aliphatic carbocycles. The van der Waals surface area contributed by atoms with Gasteiger partial charge in [-0.25, -0.2) is 0 Å². The maximum Gasteiger partial charge on any atom is 0.255 e. The van der Waals surface area contributed by atoms with Crippen molar-refractivity contribution in [2.45, 2.75) is 25.4 Å². The van der Waals surface area contributed by atoms with Crippen molar-refractivity contribution in [1.29, 1.82) is 0 Å². The molecule has 2 aromatic rings. The first-order valence-corrected chi connectivity index (χ1v) is 6.59. The van der Waals surface area contributed by atoms with Gasteiger partial charge < -0.3 is 19.2 Å². The Bertz CT molecular complexity index is 571. The van der Waals surface area contributed by atoms with E-state index in [1.54, 1.807) is 14.2 Å². The van der Waals surface area contributed by atoms with E-state index in [4.69, 9.17) is 13.9 Å².